The molecule has 0 aromatic heterocycles. The fourth-order valence-corrected chi connectivity index (χ4v) is 4.63. The molecule has 3 saturated heterocycles. The number of benzene rings is 1. The molecule has 1 aromatic rings. The van der Waals surface area contributed by atoms with E-state index in [1.54, 1.807) is 17.0 Å². The molecule has 0 bridgehead atoms. The molecule has 0 spiro atoms. The van der Waals surface area contributed by atoms with Crippen molar-refractivity contribution in [2.24, 2.45) is 11.8 Å². The van der Waals surface area contributed by atoms with Gasteiger partial charge in [-0.1, -0.05) is 12.1 Å². The molecule has 0 N–H and O–H groups in total. The molecule has 158 valence electrons. The van der Waals surface area contributed by atoms with Gasteiger partial charge in [-0.25, -0.2) is 4.39 Å². The second-order valence-electron chi connectivity index (χ2n) is 8.28. The summed E-state index contributed by atoms with van der Waals surface area (Å²) in [7, 11) is 0. The molecule has 6 nitrogen and oxygen atoms in total. The molecular weight excluding hydrogens is 375 g/mol. The number of nitrogens with zero attached hydrogens (tertiary/aromatic N) is 2. The van der Waals surface area contributed by atoms with Crippen LogP contribution in [0.1, 0.15) is 31.2 Å². The van der Waals surface area contributed by atoms with Gasteiger partial charge in [-0.2, -0.15) is 0 Å². The number of hydrogen-bond donors (Lipinski definition) is 0. The lowest BCUT2D eigenvalue weighted by Gasteiger charge is -2.39. The zero-order chi connectivity index (χ0) is 20.2. The summed E-state index contributed by atoms with van der Waals surface area (Å²) in [6.07, 6.45) is 3.67. The third-order valence-electron chi connectivity index (χ3n) is 6.19. The van der Waals surface area contributed by atoms with Crippen molar-refractivity contribution < 1.29 is 23.5 Å². The summed E-state index contributed by atoms with van der Waals surface area (Å²) in [5.41, 5.74) is 0.792. The molecular formula is C22H29FN2O4. The Balaban J connectivity index is 1.32. The van der Waals surface area contributed by atoms with Gasteiger partial charge in [0.25, 0.3) is 0 Å². The summed E-state index contributed by atoms with van der Waals surface area (Å²) in [5, 5.41) is 0. The summed E-state index contributed by atoms with van der Waals surface area (Å²) in [6, 6.07) is 6.02. The molecule has 4 rings (SSSR count). The SMILES string of the molecule is O=C(Cc1ccc(F)cc1)N1CCCC(C(=O)N2CCCC(C3OCCO3)C2)C1. The largest absolute Gasteiger partial charge is 0.350 e. The molecule has 7 heteroatoms. The highest BCUT2D eigenvalue weighted by Crippen LogP contribution is 2.27. The van der Waals surface area contributed by atoms with Crippen LogP contribution in [0.25, 0.3) is 0 Å². The highest BCUT2D eigenvalue weighted by atomic mass is 19.1. The van der Waals surface area contributed by atoms with Gasteiger partial charge in [-0.3, -0.25) is 9.59 Å². The van der Waals surface area contributed by atoms with Gasteiger partial charge in [-0.05, 0) is 43.4 Å². The Morgan fingerprint density at radius 2 is 1.66 bits per heavy atom. The van der Waals surface area contributed by atoms with Crippen molar-refractivity contribution in [1.29, 1.82) is 0 Å². The normalized spacial score (nSPS) is 26.0. The maximum absolute atomic E-state index is 13.1. The molecule has 3 aliphatic heterocycles. The van der Waals surface area contributed by atoms with Crippen molar-refractivity contribution in [3.8, 4) is 0 Å². The van der Waals surface area contributed by atoms with Crippen LogP contribution in [0.2, 0.25) is 0 Å². The molecule has 3 heterocycles. The van der Waals surface area contributed by atoms with E-state index in [0.717, 1.165) is 37.8 Å². The molecule has 2 amide bonds. The number of hydrogen-bond acceptors (Lipinski definition) is 4. The maximum Gasteiger partial charge on any atom is 0.227 e. The third kappa shape index (κ3) is 4.95. The van der Waals surface area contributed by atoms with Gasteiger partial charge >= 0.3 is 0 Å². The van der Waals surface area contributed by atoms with E-state index in [1.165, 1.54) is 12.1 Å². The Kier molecular flexibility index (Phi) is 6.45. The van der Waals surface area contributed by atoms with Gasteiger partial charge in [0.2, 0.25) is 11.8 Å². The highest BCUT2D eigenvalue weighted by molar-refractivity contribution is 5.82. The maximum atomic E-state index is 13.1. The van der Waals surface area contributed by atoms with Crippen molar-refractivity contribution in [3.05, 3.63) is 35.6 Å². The van der Waals surface area contributed by atoms with Crippen LogP contribution < -0.4 is 0 Å². The zero-order valence-electron chi connectivity index (χ0n) is 16.7. The second-order valence-corrected chi connectivity index (χ2v) is 8.28. The molecule has 1 aromatic carbocycles. The van der Waals surface area contributed by atoms with Crippen LogP contribution in [0.4, 0.5) is 4.39 Å². The standard InChI is InChI=1S/C22H29FN2O4/c23-19-7-5-16(6-8-19)13-20(26)24-9-1-3-17(14-24)21(27)25-10-2-4-18(15-25)22-28-11-12-29-22/h5-8,17-18,22H,1-4,9-15H2. The van der Waals surface area contributed by atoms with E-state index in [1.807, 2.05) is 4.90 Å². The number of halogens is 1. The molecule has 3 fully saturated rings. The fourth-order valence-electron chi connectivity index (χ4n) is 4.63. The minimum Gasteiger partial charge on any atom is -0.350 e. The van der Waals surface area contributed by atoms with E-state index in [-0.39, 0.29) is 42.2 Å². The summed E-state index contributed by atoms with van der Waals surface area (Å²) < 4.78 is 24.4. The van der Waals surface area contributed by atoms with Crippen molar-refractivity contribution in [2.45, 2.75) is 38.4 Å². The van der Waals surface area contributed by atoms with Crippen LogP contribution in [-0.4, -0.2) is 67.3 Å². The monoisotopic (exact) mass is 404 g/mol. The third-order valence-corrected chi connectivity index (χ3v) is 6.19. The van der Waals surface area contributed by atoms with E-state index >= 15 is 0 Å². The highest BCUT2D eigenvalue weighted by Gasteiger charge is 2.36. The van der Waals surface area contributed by atoms with E-state index in [9.17, 15) is 14.0 Å². The smallest absolute Gasteiger partial charge is 0.227 e. The summed E-state index contributed by atoms with van der Waals surface area (Å²) in [6.45, 7) is 3.84. The van der Waals surface area contributed by atoms with Crippen LogP contribution >= 0.6 is 0 Å². The Labute approximate surface area is 170 Å². The van der Waals surface area contributed by atoms with E-state index in [2.05, 4.69) is 0 Å². The topological polar surface area (TPSA) is 59.1 Å². The molecule has 2 unspecified atom stereocenters. The number of rotatable bonds is 4. The average molecular weight is 404 g/mol. The van der Waals surface area contributed by atoms with Crippen molar-refractivity contribution in [3.63, 3.8) is 0 Å². The van der Waals surface area contributed by atoms with Crippen LogP contribution in [0.15, 0.2) is 24.3 Å². The summed E-state index contributed by atoms with van der Waals surface area (Å²) >= 11 is 0. The van der Waals surface area contributed by atoms with Crippen LogP contribution in [-0.2, 0) is 25.5 Å². The molecule has 0 saturated carbocycles. The Hall–Kier alpha value is -1.99. The molecule has 29 heavy (non-hydrogen) atoms. The van der Waals surface area contributed by atoms with E-state index in [4.69, 9.17) is 9.47 Å². The number of amides is 2. The number of piperidine rings is 2. The van der Waals surface area contributed by atoms with Gasteiger partial charge in [0.1, 0.15) is 5.82 Å². The minimum absolute atomic E-state index is 0.00150. The first-order valence-electron chi connectivity index (χ1n) is 10.6. The lowest BCUT2D eigenvalue weighted by atomic mass is 9.92. The van der Waals surface area contributed by atoms with Crippen LogP contribution in [0.5, 0.6) is 0 Å². The van der Waals surface area contributed by atoms with Gasteiger partial charge in [0.05, 0.1) is 25.6 Å². The second kappa shape index (κ2) is 9.22. The van der Waals surface area contributed by atoms with Gasteiger partial charge in [0.15, 0.2) is 6.29 Å². The number of likely N-dealkylation sites (tertiary alicyclic amines) is 2. The number of carbonyl (C=O) groups excluding carboxylic acids is 2. The van der Waals surface area contributed by atoms with Crippen LogP contribution in [0.3, 0.4) is 0 Å². The average Bonchev–Trinajstić information content (AvgIpc) is 3.30. The lowest BCUT2D eigenvalue weighted by molar-refractivity contribution is -0.146. The van der Waals surface area contributed by atoms with Gasteiger partial charge < -0.3 is 19.3 Å². The van der Waals surface area contributed by atoms with Crippen molar-refractivity contribution >= 4 is 11.8 Å². The summed E-state index contributed by atoms with van der Waals surface area (Å²) in [4.78, 5) is 29.6. The first-order valence-corrected chi connectivity index (χ1v) is 10.6. The predicted molar refractivity (Wildman–Crippen MR) is 104 cm³/mol. The number of carbonyl (C=O) groups is 2. The molecule has 3 aliphatic rings. The van der Waals surface area contributed by atoms with Gasteiger partial charge in [0, 0.05) is 32.1 Å². The van der Waals surface area contributed by atoms with Crippen LogP contribution in [0, 0.1) is 17.7 Å². The Morgan fingerprint density at radius 1 is 0.966 bits per heavy atom. The number of ether oxygens (including phenoxy) is 2. The quantitative estimate of drug-likeness (QED) is 0.772. The fraction of sp³-hybridized carbons (Fsp3) is 0.636. The van der Waals surface area contributed by atoms with E-state index in [0.29, 0.717) is 32.8 Å². The first-order chi connectivity index (χ1) is 14.1. The Morgan fingerprint density at radius 3 is 2.41 bits per heavy atom. The minimum atomic E-state index is -0.307. The zero-order valence-corrected chi connectivity index (χ0v) is 16.7. The van der Waals surface area contributed by atoms with Gasteiger partial charge in [-0.15, -0.1) is 0 Å². The predicted octanol–water partition coefficient (Wildman–Crippen LogP) is 2.22. The van der Waals surface area contributed by atoms with Crippen molar-refractivity contribution in [1.82, 2.24) is 9.80 Å². The summed E-state index contributed by atoms with van der Waals surface area (Å²) in [5.74, 6) is -0.0801. The van der Waals surface area contributed by atoms with E-state index < -0.39 is 0 Å². The molecule has 2 atom stereocenters. The first kappa shape index (κ1) is 20.3. The lowest BCUT2D eigenvalue weighted by Crippen LogP contribution is -2.50. The molecule has 0 radical (unpaired) electrons. The van der Waals surface area contributed by atoms with Crippen molar-refractivity contribution in [2.75, 3.05) is 39.4 Å². The Bertz CT molecular complexity index is 720. The molecule has 0 aliphatic carbocycles.